The number of ether oxygens (including phenoxy) is 1. The molecule has 3 rings (SSSR count). The molecule has 4 nitrogen and oxygen atoms in total. The maximum Gasteiger partial charge on any atom is 0.254 e. The average molecular weight is 473 g/mol. The molecule has 0 aliphatic rings. The number of carbonyl (C=O) groups excluding carboxylic acids is 1. The normalized spacial score (nSPS) is 10.9. The molecule has 0 aliphatic carbocycles. The van der Waals surface area contributed by atoms with Crippen LogP contribution in [-0.2, 0) is 13.2 Å². The zero-order valence-electron chi connectivity index (χ0n) is 16.9. The van der Waals surface area contributed by atoms with Gasteiger partial charge in [0.15, 0.2) is 0 Å². The molecule has 0 aliphatic heterocycles. The van der Waals surface area contributed by atoms with Crippen LogP contribution in [0.15, 0.2) is 58.4 Å². The molecule has 1 heterocycles. The molecule has 1 aromatic heterocycles. The van der Waals surface area contributed by atoms with Crippen LogP contribution in [0, 0.1) is 12.8 Å². The third-order valence-electron chi connectivity index (χ3n) is 4.34. The first kappa shape index (κ1) is 21.5. The van der Waals surface area contributed by atoms with Gasteiger partial charge >= 0.3 is 0 Å². The maximum absolute atomic E-state index is 13.0. The Morgan fingerprint density at radius 1 is 1.21 bits per heavy atom. The third kappa shape index (κ3) is 6.15. The maximum atomic E-state index is 13.0. The van der Waals surface area contributed by atoms with Crippen molar-refractivity contribution in [3.8, 4) is 5.75 Å². The van der Waals surface area contributed by atoms with Crippen LogP contribution < -0.4 is 4.74 Å². The summed E-state index contributed by atoms with van der Waals surface area (Å²) >= 11 is 5.01. The van der Waals surface area contributed by atoms with Gasteiger partial charge in [0, 0.05) is 22.0 Å². The molecule has 152 valence electrons. The predicted octanol–water partition coefficient (Wildman–Crippen LogP) is 6.09. The molecular weight excluding hydrogens is 448 g/mol. The van der Waals surface area contributed by atoms with Crippen LogP contribution in [0.2, 0.25) is 0 Å². The van der Waals surface area contributed by atoms with E-state index in [1.807, 2.05) is 65.7 Å². The number of halogens is 1. The molecule has 0 saturated carbocycles. The summed E-state index contributed by atoms with van der Waals surface area (Å²) in [5.41, 5.74) is 2.67. The second-order valence-electron chi connectivity index (χ2n) is 7.38. The van der Waals surface area contributed by atoms with Gasteiger partial charge in [-0.2, -0.15) is 0 Å². The fourth-order valence-corrected chi connectivity index (χ4v) is 4.10. The number of carbonyl (C=O) groups is 1. The van der Waals surface area contributed by atoms with Gasteiger partial charge in [-0.1, -0.05) is 54.0 Å². The lowest BCUT2D eigenvalue weighted by atomic mass is 10.1. The summed E-state index contributed by atoms with van der Waals surface area (Å²) in [4.78, 5) is 19.6. The van der Waals surface area contributed by atoms with Crippen molar-refractivity contribution in [2.45, 2.75) is 33.9 Å². The van der Waals surface area contributed by atoms with Gasteiger partial charge in [0.05, 0.1) is 12.2 Å². The van der Waals surface area contributed by atoms with Crippen molar-refractivity contribution >= 4 is 33.2 Å². The average Bonchev–Trinajstić information content (AvgIpc) is 3.13. The summed E-state index contributed by atoms with van der Waals surface area (Å²) in [5.74, 6) is 1.26. The molecule has 3 aromatic rings. The van der Waals surface area contributed by atoms with Gasteiger partial charge in [0.25, 0.3) is 5.91 Å². The second kappa shape index (κ2) is 10.0. The van der Waals surface area contributed by atoms with Gasteiger partial charge in [-0.25, -0.2) is 4.98 Å². The fourth-order valence-electron chi connectivity index (χ4n) is 3.01. The zero-order chi connectivity index (χ0) is 20.8. The number of nitrogens with zero attached hydrogens (tertiary/aromatic N) is 2. The van der Waals surface area contributed by atoms with Crippen molar-refractivity contribution in [3.05, 3.63) is 80.2 Å². The molecule has 0 spiro atoms. The molecule has 0 fully saturated rings. The minimum atomic E-state index is 0.0192. The van der Waals surface area contributed by atoms with E-state index in [0.29, 0.717) is 31.2 Å². The van der Waals surface area contributed by atoms with Crippen LogP contribution in [0.5, 0.6) is 5.75 Å². The van der Waals surface area contributed by atoms with E-state index in [2.05, 4.69) is 34.8 Å². The van der Waals surface area contributed by atoms with E-state index < -0.39 is 0 Å². The highest BCUT2D eigenvalue weighted by molar-refractivity contribution is 9.10. The van der Waals surface area contributed by atoms with Gasteiger partial charge in [-0.15, -0.1) is 11.3 Å². The summed E-state index contributed by atoms with van der Waals surface area (Å²) in [6.07, 6.45) is 0. The summed E-state index contributed by atoms with van der Waals surface area (Å²) in [7, 11) is 0. The Balaban J connectivity index is 1.68. The van der Waals surface area contributed by atoms with Crippen molar-refractivity contribution in [1.29, 1.82) is 0 Å². The van der Waals surface area contributed by atoms with Crippen LogP contribution in [-0.4, -0.2) is 22.3 Å². The van der Waals surface area contributed by atoms with Gasteiger partial charge in [-0.05, 0) is 42.7 Å². The smallest absolute Gasteiger partial charge is 0.254 e. The Morgan fingerprint density at radius 2 is 2.00 bits per heavy atom. The van der Waals surface area contributed by atoms with Crippen molar-refractivity contribution in [3.63, 3.8) is 0 Å². The standard InChI is InChI=1S/C23H25BrN2O2S/c1-16(2)12-26(23(27)18-8-6-9-19(24)11-18)13-20-15-29-22(25-20)14-28-21-10-5-4-7-17(21)3/h4-11,15-16H,12-14H2,1-3H3. The third-order valence-corrected chi connectivity index (χ3v) is 5.71. The minimum Gasteiger partial charge on any atom is -0.486 e. The first-order chi connectivity index (χ1) is 13.9. The van der Waals surface area contributed by atoms with Crippen LogP contribution in [0.1, 0.15) is 40.5 Å². The number of thiazole rings is 1. The number of aromatic nitrogens is 1. The van der Waals surface area contributed by atoms with E-state index in [1.54, 1.807) is 11.3 Å². The molecule has 6 heteroatoms. The Kier molecular flexibility index (Phi) is 7.45. The van der Waals surface area contributed by atoms with Crippen molar-refractivity contribution in [2.75, 3.05) is 6.54 Å². The molecule has 0 saturated heterocycles. The Bertz CT molecular complexity index is 971. The lowest BCUT2D eigenvalue weighted by molar-refractivity contribution is 0.0720. The number of amides is 1. The number of benzene rings is 2. The highest BCUT2D eigenvalue weighted by Crippen LogP contribution is 2.21. The molecule has 0 bridgehead atoms. The summed E-state index contributed by atoms with van der Waals surface area (Å²) in [6.45, 7) is 7.86. The molecule has 29 heavy (non-hydrogen) atoms. The Labute approximate surface area is 184 Å². The van der Waals surface area contributed by atoms with E-state index in [9.17, 15) is 4.79 Å². The number of hydrogen-bond donors (Lipinski definition) is 0. The molecule has 0 radical (unpaired) electrons. The van der Waals surface area contributed by atoms with Crippen molar-refractivity contribution < 1.29 is 9.53 Å². The Morgan fingerprint density at radius 3 is 2.72 bits per heavy atom. The van der Waals surface area contributed by atoms with Crippen molar-refractivity contribution in [2.24, 2.45) is 5.92 Å². The second-order valence-corrected chi connectivity index (χ2v) is 9.23. The predicted molar refractivity (Wildman–Crippen MR) is 121 cm³/mol. The number of aryl methyl sites for hydroxylation is 1. The molecule has 0 atom stereocenters. The quantitative estimate of drug-likeness (QED) is 0.398. The summed E-state index contributed by atoms with van der Waals surface area (Å²) in [6, 6.07) is 15.5. The van der Waals surface area contributed by atoms with Crippen LogP contribution in [0.3, 0.4) is 0 Å². The number of hydrogen-bond acceptors (Lipinski definition) is 4. The first-order valence-electron chi connectivity index (χ1n) is 9.59. The molecule has 1 amide bonds. The summed E-state index contributed by atoms with van der Waals surface area (Å²) < 4.78 is 6.80. The van der Waals surface area contributed by atoms with E-state index >= 15 is 0 Å². The van der Waals surface area contributed by atoms with Gasteiger partial charge in [0.2, 0.25) is 0 Å². The highest BCUT2D eigenvalue weighted by atomic mass is 79.9. The van der Waals surface area contributed by atoms with E-state index in [-0.39, 0.29) is 5.91 Å². The van der Waals surface area contributed by atoms with Crippen LogP contribution in [0.25, 0.3) is 0 Å². The lowest BCUT2D eigenvalue weighted by Crippen LogP contribution is -2.33. The van der Waals surface area contributed by atoms with E-state index in [4.69, 9.17) is 4.74 Å². The summed E-state index contributed by atoms with van der Waals surface area (Å²) in [5, 5.41) is 2.92. The van der Waals surface area contributed by atoms with Gasteiger partial charge in [0.1, 0.15) is 17.4 Å². The van der Waals surface area contributed by atoms with E-state index in [0.717, 1.165) is 26.5 Å². The lowest BCUT2D eigenvalue weighted by Gasteiger charge is -2.24. The SMILES string of the molecule is Cc1ccccc1OCc1nc(CN(CC(C)C)C(=O)c2cccc(Br)c2)cs1. The topological polar surface area (TPSA) is 42.4 Å². The highest BCUT2D eigenvalue weighted by Gasteiger charge is 2.19. The van der Waals surface area contributed by atoms with Crippen LogP contribution >= 0.6 is 27.3 Å². The number of para-hydroxylation sites is 1. The first-order valence-corrected chi connectivity index (χ1v) is 11.3. The zero-order valence-corrected chi connectivity index (χ0v) is 19.3. The molecular formula is C23H25BrN2O2S. The fraction of sp³-hybridized carbons (Fsp3) is 0.304. The van der Waals surface area contributed by atoms with Crippen LogP contribution in [0.4, 0.5) is 0 Å². The Hall–Kier alpha value is -2.18. The largest absolute Gasteiger partial charge is 0.486 e. The molecule has 0 N–H and O–H groups in total. The monoisotopic (exact) mass is 472 g/mol. The minimum absolute atomic E-state index is 0.0192. The molecule has 0 unspecified atom stereocenters. The van der Waals surface area contributed by atoms with Crippen molar-refractivity contribution in [1.82, 2.24) is 9.88 Å². The van der Waals surface area contributed by atoms with Gasteiger partial charge < -0.3 is 9.64 Å². The van der Waals surface area contributed by atoms with Gasteiger partial charge in [-0.3, -0.25) is 4.79 Å². The van der Waals surface area contributed by atoms with E-state index in [1.165, 1.54) is 0 Å². The molecule has 2 aromatic carbocycles. The number of rotatable bonds is 8.